The van der Waals surface area contributed by atoms with Gasteiger partial charge in [-0.3, -0.25) is 9.59 Å². The van der Waals surface area contributed by atoms with E-state index in [1.54, 1.807) is 0 Å². The molecule has 7 nitrogen and oxygen atoms in total. The Balaban J connectivity index is 3.95. The lowest BCUT2D eigenvalue weighted by molar-refractivity contribution is -0.147. The van der Waals surface area contributed by atoms with Crippen LogP contribution >= 0.6 is 0 Å². The summed E-state index contributed by atoms with van der Waals surface area (Å²) in [7, 11) is 0. The van der Waals surface area contributed by atoms with Crippen molar-refractivity contribution in [3.8, 4) is 0 Å². The molecule has 0 aliphatic heterocycles. The minimum absolute atomic E-state index is 0.0917. The van der Waals surface area contributed by atoms with Crippen LogP contribution in [0.1, 0.15) is 206 Å². The van der Waals surface area contributed by atoms with Crippen molar-refractivity contribution in [1.29, 1.82) is 0 Å². The SMILES string of the molecule is CCCC/C=C\C(CCCCCCC(=O)NC(CCCN)C(=O)O)OC(=O)CCCCCCCCCCCCCCCCCCCC. The van der Waals surface area contributed by atoms with Crippen LogP contribution in [-0.4, -0.2) is 41.6 Å². The zero-order chi connectivity index (χ0) is 34.6. The smallest absolute Gasteiger partial charge is 0.326 e. The minimum atomic E-state index is -1.01. The number of hydrogen-bond donors (Lipinski definition) is 3. The number of amides is 1. The predicted octanol–water partition coefficient (Wildman–Crippen LogP) is 10.7. The van der Waals surface area contributed by atoms with Gasteiger partial charge in [0.25, 0.3) is 0 Å². The number of hydrogen-bond acceptors (Lipinski definition) is 5. The van der Waals surface area contributed by atoms with Crippen LogP contribution in [0.2, 0.25) is 0 Å². The molecule has 0 heterocycles. The van der Waals surface area contributed by atoms with Crippen LogP contribution in [0.25, 0.3) is 0 Å². The van der Waals surface area contributed by atoms with Gasteiger partial charge in [-0.1, -0.05) is 155 Å². The molecule has 2 atom stereocenters. The molecule has 1 amide bonds. The molecule has 0 saturated heterocycles. The highest BCUT2D eigenvalue weighted by Crippen LogP contribution is 2.16. The van der Waals surface area contributed by atoms with Crippen LogP contribution in [0.3, 0.4) is 0 Å². The van der Waals surface area contributed by atoms with E-state index in [1.165, 1.54) is 103 Å². The molecule has 0 rings (SSSR count). The van der Waals surface area contributed by atoms with Gasteiger partial charge in [0.15, 0.2) is 0 Å². The molecule has 0 bridgehead atoms. The Kier molecular flexibility index (Phi) is 34.0. The Hall–Kier alpha value is -1.89. The van der Waals surface area contributed by atoms with E-state index in [4.69, 9.17) is 10.5 Å². The highest BCUT2D eigenvalue weighted by molar-refractivity contribution is 5.83. The first-order valence-electron chi connectivity index (χ1n) is 20.0. The van der Waals surface area contributed by atoms with Crippen molar-refractivity contribution in [2.24, 2.45) is 5.73 Å². The third kappa shape index (κ3) is 32.4. The van der Waals surface area contributed by atoms with Gasteiger partial charge in [0.1, 0.15) is 12.1 Å². The molecule has 0 fully saturated rings. The molecule has 4 N–H and O–H groups in total. The number of carbonyl (C=O) groups is 3. The van der Waals surface area contributed by atoms with Crippen molar-refractivity contribution in [1.82, 2.24) is 5.32 Å². The van der Waals surface area contributed by atoms with Gasteiger partial charge in [-0.2, -0.15) is 0 Å². The molecule has 0 aliphatic carbocycles. The summed E-state index contributed by atoms with van der Waals surface area (Å²) < 4.78 is 5.85. The normalized spacial score (nSPS) is 12.7. The molecule has 276 valence electrons. The number of allylic oxidation sites excluding steroid dienone is 1. The average molecular weight is 665 g/mol. The number of nitrogens with one attached hydrogen (secondary N) is 1. The van der Waals surface area contributed by atoms with Gasteiger partial charge in [0.05, 0.1) is 0 Å². The molecule has 2 unspecified atom stereocenters. The molecule has 0 aromatic rings. The maximum absolute atomic E-state index is 12.6. The summed E-state index contributed by atoms with van der Waals surface area (Å²) in [4.78, 5) is 36.0. The van der Waals surface area contributed by atoms with Crippen molar-refractivity contribution in [3.63, 3.8) is 0 Å². The van der Waals surface area contributed by atoms with Gasteiger partial charge >= 0.3 is 11.9 Å². The summed E-state index contributed by atoms with van der Waals surface area (Å²) in [6, 6.07) is -0.866. The van der Waals surface area contributed by atoms with E-state index in [0.717, 1.165) is 57.8 Å². The van der Waals surface area contributed by atoms with Gasteiger partial charge in [-0.25, -0.2) is 4.79 Å². The predicted molar refractivity (Wildman–Crippen MR) is 197 cm³/mol. The van der Waals surface area contributed by atoms with Crippen molar-refractivity contribution in [3.05, 3.63) is 12.2 Å². The monoisotopic (exact) mass is 665 g/mol. The van der Waals surface area contributed by atoms with Gasteiger partial charge in [-0.15, -0.1) is 0 Å². The quantitative estimate of drug-likeness (QED) is 0.0348. The number of unbranched alkanes of at least 4 members (excludes halogenated alkanes) is 22. The number of carboxylic acid groups (broad SMARTS) is 1. The number of esters is 1. The van der Waals surface area contributed by atoms with Gasteiger partial charge in [-0.05, 0) is 57.6 Å². The van der Waals surface area contributed by atoms with E-state index >= 15 is 0 Å². The van der Waals surface area contributed by atoms with Gasteiger partial charge in [0.2, 0.25) is 5.91 Å². The standard InChI is InChI=1S/C40H76N2O5/c1-3-5-7-9-10-11-12-13-14-15-16-17-18-19-20-21-22-28-34-39(44)47-36(30-25-8-6-4-2)31-26-23-24-27-33-38(43)42-37(40(45)46)32-29-35-41/h25,30,36-37H,3-24,26-29,31-35,41H2,1-2H3,(H,42,43)(H,45,46)/b30-25-. The molecular formula is C40H76N2O5. The topological polar surface area (TPSA) is 119 Å². The van der Waals surface area contributed by atoms with E-state index in [0.29, 0.717) is 38.6 Å². The lowest BCUT2D eigenvalue weighted by Crippen LogP contribution is -2.40. The second-order valence-electron chi connectivity index (χ2n) is 13.7. The molecule has 0 radical (unpaired) electrons. The number of ether oxygens (including phenoxy) is 1. The van der Waals surface area contributed by atoms with Crippen molar-refractivity contribution >= 4 is 17.8 Å². The Morgan fingerprint density at radius 2 is 1.09 bits per heavy atom. The molecule has 47 heavy (non-hydrogen) atoms. The summed E-state index contributed by atoms with van der Waals surface area (Å²) in [5.74, 6) is -1.33. The average Bonchev–Trinajstić information content (AvgIpc) is 3.05. The number of nitrogens with two attached hydrogens (primary N) is 1. The summed E-state index contributed by atoms with van der Waals surface area (Å²) in [6.45, 7) is 4.86. The summed E-state index contributed by atoms with van der Waals surface area (Å²) >= 11 is 0. The Morgan fingerprint density at radius 1 is 0.617 bits per heavy atom. The van der Waals surface area contributed by atoms with E-state index < -0.39 is 12.0 Å². The number of aliphatic carboxylic acids is 1. The first kappa shape index (κ1) is 45.1. The maximum atomic E-state index is 12.6. The molecule has 0 saturated carbocycles. The summed E-state index contributed by atoms with van der Waals surface area (Å²) in [5.41, 5.74) is 5.46. The molecule has 0 aromatic heterocycles. The highest BCUT2D eigenvalue weighted by Gasteiger charge is 2.19. The zero-order valence-corrected chi connectivity index (χ0v) is 30.9. The maximum Gasteiger partial charge on any atom is 0.326 e. The van der Waals surface area contributed by atoms with Crippen LogP contribution in [-0.2, 0) is 19.1 Å². The van der Waals surface area contributed by atoms with Crippen LogP contribution in [0, 0.1) is 0 Å². The largest absolute Gasteiger partial charge is 0.480 e. The first-order chi connectivity index (χ1) is 22.9. The fourth-order valence-electron chi connectivity index (χ4n) is 5.99. The van der Waals surface area contributed by atoms with E-state index in [2.05, 4.69) is 31.3 Å². The lowest BCUT2D eigenvalue weighted by atomic mass is 10.0. The lowest BCUT2D eigenvalue weighted by Gasteiger charge is -2.15. The molecule has 7 heteroatoms. The fraction of sp³-hybridized carbons (Fsp3) is 0.875. The number of carboxylic acids is 1. The Bertz CT molecular complexity index is 757. The van der Waals surface area contributed by atoms with E-state index in [-0.39, 0.29) is 18.0 Å². The third-order valence-electron chi connectivity index (χ3n) is 9.07. The summed E-state index contributed by atoms with van der Waals surface area (Å²) in [6.07, 6.45) is 37.3. The Morgan fingerprint density at radius 3 is 1.57 bits per heavy atom. The van der Waals surface area contributed by atoms with Crippen LogP contribution in [0.5, 0.6) is 0 Å². The molecular weight excluding hydrogens is 588 g/mol. The van der Waals surface area contributed by atoms with Crippen LogP contribution in [0.4, 0.5) is 0 Å². The molecule has 0 aliphatic rings. The molecule has 0 aromatic carbocycles. The third-order valence-corrected chi connectivity index (χ3v) is 9.07. The van der Waals surface area contributed by atoms with Crippen molar-refractivity contribution < 1.29 is 24.2 Å². The number of carbonyl (C=O) groups excluding carboxylic acids is 2. The highest BCUT2D eigenvalue weighted by atomic mass is 16.5. The fourth-order valence-corrected chi connectivity index (χ4v) is 5.99. The van der Waals surface area contributed by atoms with Gasteiger partial charge in [0, 0.05) is 12.8 Å². The van der Waals surface area contributed by atoms with E-state index in [9.17, 15) is 19.5 Å². The Labute approximate surface area is 290 Å². The van der Waals surface area contributed by atoms with E-state index in [1.807, 2.05) is 0 Å². The summed E-state index contributed by atoms with van der Waals surface area (Å²) in [5, 5.41) is 11.9. The van der Waals surface area contributed by atoms with Gasteiger partial charge < -0.3 is 20.9 Å². The first-order valence-corrected chi connectivity index (χ1v) is 20.0. The van der Waals surface area contributed by atoms with Crippen molar-refractivity contribution in [2.45, 2.75) is 219 Å². The second kappa shape index (κ2) is 35.4. The zero-order valence-electron chi connectivity index (χ0n) is 30.9. The molecule has 0 spiro atoms. The van der Waals surface area contributed by atoms with Crippen LogP contribution in [0.15, 0.2) is 12.2 Å². The second-order valence-corrected chi connectivity index (χ2v) is 13.7. The number of rotatable bonds is 36. The van der Waals surface area contributed by atoms with Crippen LogP contribution < -0.4 is 11.1 Å². The minimum Gasteiger partial charge on any atom is -0.480 e. The van der Waals surface area contributed by atoms with Crippen molar-refractivity contribution in [2.75, 3.05) is 6.54 Å².